The van der Waals surface area contributed by atoms with Gasteiger partial charge in [0.15, 0.2) is 5.82 Å². The van der Waals surface area contributed by atoms with Gasteiger partial charge in [0.2, 0.25) is 0 Å². The van der Waals surface area contributed by atoms with Gasteiger partial charge in [0.1, 0.15) is 12.2 Å². The molecule has 2 aromatic heterocycles. The van der Waals surface area contributed by atoms with Gasteiger partial charge in [-0.25, -0.2) is 9.97 Å². The Morgan fingerprint density at radius 2 is 2.18 bits per heavy atom. The third-order valence-electron chi connectivity index (χ3n) is 2.48. The number of aryl methyl sites for hydroxylation is 2. The number of nitrogens with one attached hydrogen (secondary N) is 1. The Kier molecular flexibility index (Phi) is 3.87. The van der Waals surface area contributed by atoms with Crippen LogP contribution in [-0.4, -0.2) is 24.3 Å². The smallest absolute Gasteiger partial charge is 0.164 e. The predicted molar refractivity (Wildman–Crippen MR) is 64.1 cm³/mol. The van der Waals surface area contributed by atoms with Crippen LogP contribution < -0.4 is 5.32 Å². The van der Waals surface area contributed by atoms with Gasteiger partial charge in [0.05, 0.1) is 13.1 Å². The molecule has 0 aliphatic carbocycles. The standard InChI is InChI=1S/C11H18N6/c1-3-5-17-6-4-13-11(17)8-12-7-10-14-9-16(2)15-10/h4,6,9,12H,3,5,7-8H2,1-2H3. The molecule has 0 bridgehead atoms. The normalized spacial score (nSPS) is 10.9. The number of hydrogen-bond donors (Lipinski definition) is 1. The monoisotopic (exact) mass is 234 g/mol. The molecule has 0 spiro atoms. The van der Waals surface area contributed by atoms with Gasteiger partial charge in [-0.05, 0) is 6.42 Å². The maximum atomic E-state index is 4.33. The van der Waals surface area contributed by atoms with Crippen molar-refractivity contribution in [3.8, 4) is 0 Å². The lowest BCUT2D eigenvalue weighted by molar-refractivity contribution is 0.577. The van der Waals surface area contributed by atoms with Gasteiger partial charge in [-0.1, -0.05) is 6.92 Å². The van der Waals surface area contributed by atoms with Crippen LogP contribution in [0.1, 0.15) is 25.0 Å². The summed E-state index contributed by atoms with van der Waals surface area (Å²) in [4.78, 5) is 8.48. The van der Waals surface area contributed by atoms with Crippen LogP contribution in [0, 0.1) is 0 Å². The second-order valence-corrected chi connectivity index (χ2v) is 3.97. The fraction of sp³-hybridized carbons (Fsp3) is 0.545. The van der Waals surface area contributed by atoms with Crippen LogP contribution in [0.4, 0.5) is 0 Å². The zero-order valence-electron chi connectivity index (χ0n) is 10.3. The zero-order chi connectivity index (χ0) is 12.1. The molecule has 0 aromatic carbocycles. The summed E-state index contributed by atoms with van der Waals surface area (Å²) >= 11 is 0. The highest BCUT2D eigenvalue weighted by Crippen LogP contribution is 1.99. The fourth-order valence-corrected chi connectivity index (χ4v) is 1.70. The predicted octanol–water partition coefficient (Wildman–Crippen LogP) is 0.711. The van der Waals surface area contributed by atoms with Gasteiger partial charge in [-0.3, -0.25) is 4.68 Å². The van der Waals surface area contributed by atoms with Crippen molar-refractivity contribution < 1.29 is 0 Å². The molecule has 2 heterocycles. The van der Waals surface area contributed by atoms with E-state index in [1.54, 1.807) is 11.0 Å². The molecule has 17 heavy (non-hydrogen) atoms. The van der Waals surface area contributed by atoms with Gasteiger partial charge in [0, 0.05) is 26.0 Å². The first-order valence-corrected chi connectivity index (χ1v) is 5.85. The molecule has 0 amide bonds. The molecule has 0 atom stereocenters. The average Bonchev–Trinajstić information content (AvgIpc) is 2.90. The molecule has 2 aromatic rings. The van der Waals surface area contributed by atoms with Crippen molar-refractivity contribution in [3.05, 3.63) is 30.4 Å². The highest BCUT2D eigenvalue weighted by Gasteiger charge is 2.02. The first-order valence-electron chi connectivity index (χ1n) is 5.85. The molecular formula is C11H18N6. The van der Waals surface area contributed by atoms with E-state index in [4.69, 9.17) is 0 Å². The third-order valence-corrected chi connectivity index (χ3v) is 2.48. The summed E-state index contributed by atoms with van der Waals surface area (Å²) in [5.41, 5.74) is 0. The van der Waals surface area contributed by atoms with E-state index in [1.807, 2.05) is 19.4 Å². The van der Waals surface area contributed by atoms with E-state index < -0.39 is 0 Å². The van der Waals surface area contributed by atoms with Crippen molar-refractivity contribution in [1.29, 1.82) is 0 Å². The van der Waals surface area contributed by atoms with Crippen molar-refractivity contribution in [1.82, 2.24) is 29.6 Å². The van der Waals surface area contributed by atoms with Crippen LogP contribution in [0.3, 0.4) is 0 Å². The van der Waals surface area contributed by atoms with Gasteiger partial charge in [-0.15, -0.1) is 0 Å². The van der Waals surface area contributed by atoms with E-state index in [0.717, 1.165) is 31.2 Å². The lowest BCUT2D eigenvalue weighted by atomic mass is 10.4. The fourth-order valence-electron chi connectivity index (χ4n) is 1.70. The molecule has 0 aliphatic heterocycles. The van der Waals surface area contributed by atoms with Crippen LogP contribution >= 0.6 is 0 Å². The SMILES string of the molecule is CCCn1ccnc1CNCc1ncn(C)n1. The Labute approximate surface area is 101 Å². The number of imidazole rings is 1. The summed E-state index contributed by atoms with van der Waals surface area (Å²) in [5, 5.41) is 7.50. The molecule has 0 unspecified atom stereocenters. The molecule has 0 aliphatic rings. The van der Waals surface area contributed by atoms with E-state index in [1.165, 1.54) is 0 Å². The van der Waals surface area contributed by atoms with E-state index in [0.29, 0.717) is 6.54 Å². The second kappa shape index (κ2) is 5.58. The quantitative estimate of drug-likeness (QED) is 0.799. The van der Waals surface area contributed by atoms with Gasteiger partial charge in [0.25, 0.3) is 0 Å². The van der Waals surface area contributed by atoms with Crippen molar-refractivity contribution >= 4 is 0 Å². The second-order valence-electron chi connectivity index (χ2n) is 3.97. The molecule has 0 fully saturated rings. The van der Waals surface area contributed by atoms with E-state index >= 15 is 0 Å². The van der Waals surface area contributed by atoms with Crippen LogP contribution in [0.15, 0.2) is 18.7 Å². The van der Waals surface area contributed by atoms with Crippen LogP contribution in [0.25, 0.3) is 0 Å². The van der Waals surface area contributed by atoms with E-state index in [2.05, 4.69) is 31.9 Å². The lowest BCUT2D eigenvalue weighted by Crippen LogP contribution is -2.17. The summed E-state index contributed by atoms with van der Waals surface area (Å²) in [6, 6.07) is 0. The summed E-state index contributed by atoms with van der Waals surface area (Å²) < 4.78 is 3.87. The topological polar surface area (TPSA) is 60.6 Å². The molecule has 6 heteroatoms. The molecule has 0 saturated carbocycles. The van der Waals surface area contributed by atoms with E-state index in [-0.39, 0.29) is 0 Å². The van der Waals surface area contributed by atoms with Crippen LogP contribution in [0.2, 0.25) is 0 Å². The summed E-state index contributed by atoms with van der Waals surface area (Å²) in [6.07, 6.45) is 6.67. The first-order chi connectivity index (χ1) is 8.29. The minimum atomic E-state index is 0.666. The van der Waals surface area contributed by atoms with Crippen molar-refractivity contribution in [2.45, 2.75) is 33.0 Å². The minimum absolute atomic E-state index is 0.666. The third kappa shape index (κ3) is 3.13. The Balaban J connectivity index is 1.83. The molecule has 2 rings (SSSR count). The molecule has 6 nitrogen and oxygen atoms in total. The molecular weight excluding hydrogens is 216 g/mol. The van der Waals surface area contributed by atoms with Crippen LogP contribution in [0.5, 0.6) is 0 Å². The molecule has 1 N–H and O–H groups in total. The summed E-state index contributed by atoms with van der Waals surface area (Å²) in [6.45, 7) is 4.58. The Bertz CT molecular complexity index is 458. The zero-order valence-corrected chi connectivity index (χ0v) is 10.3. The number of hydrogen-bond acceptors (Lipinski definition) is 4. The first kappa shape index (κ1) is 11.8. The number of rotatable bonds is 6. The van der Waals surface area contributed by atoms with E-state index in [9.17, 15) is 0 Å². The maximum absolute atomic E-state index is 4.33. The Morgan fingerprint density at radius 3 is 2.88 bits per heavy atom. The molecule has 0 saturated heterocycles. The Morgan fingerprint density at radius 1 is 1.29 bits per heavy atom. The van der Waals surface area contributed by atoms with Crippen LogP contribution in [-0.2, 0) is 26.7 Å². The summed E-state index contributed by atoms with van der Waals surface area (Å²) in [7, 11) is 1.87. The van der Waals surface area contributed by atoms with Crippen molar-refractivity contribution in [2.75, 3.05) is 0 Å². The van der Waals surface area contributed by atoms with Gasteiger partial charge >= 0.3 is 0 Å². The van der Waals surface area contributed by atoms with Crippen molar-refractivity contribution in [2.24, 2.45) is 7.05 Å². The minimum Gasteiger partial charge on any atom is -0.334 e. The van der Waals surface area contributed by atoms with Gasteiger partial charge < -0.3 is 9.88 Å². The maximum Gasteiger partial charge on any atom is 0.164 e. The summed E-state index contributed by atoms with van der Waals surface area (Å²) in [5.74, 6) is 1.86. The van der Waals surface area contributed by atoms with Gasteiger partial charge in [-0.2, -0.15) is 5.10 Å². The average molecular weight is 234 g/mol. The molecule has 92 valence electrons. The lowest BCUT2D eigenvalue weighted by Gasteiger charge is -2.06. The highest BCUT2D eigenvalue weighted by molar-refractivity contribution is 4.92. The molecule has 0 radical (unpaired) electrons. The number of aromatic nitrogens is 5. The number of nitrogens with zero attached hydrogens (tertiary/aromatic N) is 5. The van der Waals surface area contributed by atoms with Crippen molar-refractivity contribution in [3.63, 3.8) is 0 Å². The largest absolute Gasteiger partial charge is 0.334 e. The highest BCUT2D eigenvalue weighted by atomic mass is 15.3. The Hall–Kier alpha value is -1.69.